The van der Waals surface area contributed by atoms with E-state index in [1.54, 1.807) is 0 Å². The first-order valence-electron chi connectivity index (χ1n) is 2.44. The van der Waals surface area contributed by atoms with Crippen LogP contribution in [0.4, 0.5) is 4.39 Å². The lowest BCUT2D eigenvalue weighted by molar-refractivity contribution is 0.357. The molecule has 1 aromatic rings. The van der Waals surface area contributed by atoms with Crippen LogP contribution in [0.5, 0.6) is 17.2 Å². The van der Waals surface area contributed by atoms with Crippen LogP contribution < -0.4 is 0 Å². The van der Waals surface area contributed by atoms with E-state index in [-0.39, 0.29) is 0 Å². The van der Waals surface area contributed by atoms with Crippen LogP contribution in [-0.2, 0) is 0 Å². The van der Waals surface area contributed by atoms with Gasteiger partial charge in [-0.1, -0.05) is 0 Å². The predicted octanol–water partition coefficient (Wildman–Crippen LogP) is 0.743. The third kappa shape index (κ3) is 0.834. The summed E-state index contributed by atoms with van der Waals surface area (Å²) in [4.78, 5) is 0. The highest BCUT2D eigenvalue weighted by molar-refractivity contribution is 5.43. The maximum atomic E-state index is 12.3. The number of aromatic hydroxyl groups is 3. The van der Waals surface area contributed by atoms with Gasteiger partial charge in [-0.05, 0) is 6.07 Å². The largest absolute Gasteiger partial charge is 0.505 e. The Hall–Kier alpha value is -1.45. The van der Waals surface area contributed by atoms with Gasteiger partial charge < -0.3 is 15.3 Å². The molecule has 0 unspecified atom stereocenters. The molecule has 3 nitrogen and oxygen atoms in total. The zero-order valence-corrected chi connectivity index (χ0v) is 4.80. The Morgan fingerprint density at radius 3 is 2.40 bits per heavy atom. The molecule has 1 rings (SSSR count). The van der Waals surface area contributed by atoms with Crippen molar-refractivity contribution in [3.63, 3.8) is 0 Å². The lowest BCUT2D eigenvalue weighted by atomic mass is 10.3. The summed E-state index contributed by atoms with van der Waals surface area (Å²) < 4.78 is 12.3. The van der Waals surface area contributed by atoms with Gasteiger partial charge in [0.2, 0.25) is 5.82 Å². The van der Waals surface area contributed by atoms with Crippen LogP contribution in [0.1, 0.15) is 0 Å². The van der Waals surface area contributed by atoms with E-state index in [0.29, 0.717) is 0 Å². The van der Waals surface area contributed by atoms with Crippen molar-refractivity contribution in [1.29, 1.82) is 0 Å². The van der Waals surface area contributed by atoms with E-state index in [2.05, 4.69) is 0 Å². The summed E-state index contributed by atoms with van der Waals surface area (Å²) in [6.45, 7) is 0. The molecule has 1 radical (unpaired) electrons. The number of hydrogen-bond donors (Lipinski definition) is 3. The Balaban J connectivity index is 3.34. The molecule has 1 aromatic carbocycles. The lowest BCUT2D eigenvalue weighted by Gasteiger charge is -1.98. The molecule has 0 bridgehead atoms. The Bertz CT molecular complexity index is 232. The number of phenolic OH excluding ortho intramolecular Hbond substituents is 3. The molecule has 0 saturated heterocycles. The molecule has 0 amide bonds. The van der Waals surface area contributed by atoms with E-state index < -0.39 is 23.1 Å². The molecule has 0 aliphatic carbocycles. The van der Waals surface area contributed by atoms with Crippen LogP contribution in [0.2, 0.25) is 0 Å². The second kappa shape index (κ2) is 2.06. The Kier molecular flexibility index (Phi) is 1.37. The first-order chi connectivity index (χ1) is 4.63. The second-order valence-corrected chi connectivity index (χ2v) is 1.69. The zero-order valence-electron chi connectivity index (χ0n) is 4.80. The maximum absolute atomic E-state index is 12.3. The molecule has 0 saturated carbocycles. The van der Waals surface area contributed by atoms with E-state index in [0.717, 1.165) is 6.07 Å². The van der Waals surface area contributed by atoms with Gasteiger partial charge in [-0.2, -0.15) is 4.39 Å². The summed E-state index contributed by atoms with van der Waals surface area (Å²) in [5.74, 6) is -3.68. The van der Waals surface area contributed by atoms with Crippen molar-refractivity contribution in [3.8, 4) is 17.2 Å². The fourth-order valence-electron chi connectivity index (χ4n) is 0.494. The monoisotopic (exact) mass is 143 g/mol. The van der Waals surface area contributed by atoms with E-state index in [4.69, 9.17) is 15.3 Å². The van der Waals surface area contributed by atoms with Crippen molar-refractivity contribution in [1.82, 2.24) is 0 Å². The molecule has 0 spiro atoms. The number of rotatable bonds is 0. The van der Waals surface area contributed by atoms with Crippen molar-refractivity contribution in [2.45, 2.75) is 0 Å². The van der Waals surface area contributed by atoms with E-state index >= 15 is 0 Å². The molecule has 3 N–H and O–H groups in total. The van der Waals surface area contributed by atoms with Crippen LogP contribution in [-0.4, -0.2) is 15.3 Å². The Morgan fingerprint density at radius 1 is 1.30 bits per heavy atom. The van der Waals surface area contributed by atoms with Crippen LogP contribution in [0.15, 0.2) is 6.07 Å². The molecule has 0 heterocycles. The number of benzene rings is 1. The summed E-state index contributed by atoms with van der Waals surface area (Å²) >= 11 is 0. The van der Waals surface area contributed by atoms with E-state index in [1.165, 1.54) is 0 Å². The summed E-state index contributed by atoms with van der Waals surface area (Å²) in [5, 5.41) is 25.7. The predicted molar refractivity (Wildman–Crippen MR) is 30.2 cm³/mol. The van der Waals surface area contributed by atoms with Gasteiger partial charge in [-0.15, -0.1) is 0 Å². The van der Waals surface area contributed by atoms with Gasteiger partial charge in [0.1, 0.15) is 0 Å². The van der Waals surface area contributed by atoms with Gasteiger partial charge >= 0.3 is 0 Å². The summed E-state index contributed by atoms with van der Waals surface area (Å²) in [6.07, 6.45) is 0. The van der Waals surface area contributed by atoms with Gasteiger partial charge in [0.15, 0.2) is 17.2 Å². The summed E-state index contributed by atoms with van der Waals surface area (Å²) in [7, 11) is 0. The van der Waals surface area contributed by atoms with Crippen LogP contribution in [0.3, 0.4) is 0 Å². The molecule has 0 aromatic heterocycles. The minimum atomic E-state index is -1.24. The van der Waals surface area contributed by atoms with E-state index in [1.807, 2.05) is 6.07 Å². The third-order valence-electron chi connectivity index (χ3n) is 1.00. The van der Waals surface area contributed by atoms with Crippen LogP contribution in [0, 0.1) is 11.9 Å². The molecule has 53 valence electrons. The maximum Gasteiger partial charge on any atom is 0.210 e. The lowest BCUT2D eigenvalue weighted by Crippen LogP contribution is -1.77. The average molecular weight is 143 g/mol. The van der Waals surface area contributed by atoms with Gasteiger partial charge in [-0.3, -0.25) is 0 Å². The molecule has 4 heteroatoms. The van der Waals surface area contributed by atoms with Crippen molar-refractivity contribution in [2.75, 3.05) is 0 Å². The highest BCUT2D eigenvalue weighted by Crippen LogP contribution is 2.32. The third-order valence-corrected chi connectivity index (χ3v) is 1.00. The minimum Gasteiger partial charge on any atom is -0.505 e. The normalized spacial score (nSPS) is 9.70. The Morgan fingerprint density at radius 2 is 1.90 bits per heavy atom. The van der Waals surface area contributed by atoms with Gasteiger partial charge in [-0.25, -0.2) is 0 Å². The van der Waals surface area contributed by atoms with Crippen LogP contribution >= 0.6 is 0 Å². The SMILES string of the molecule is Oc1[c]cc(O)c(F)c1O. The number of phenols is 3. The quantitative estimate of drug-likeness (QED) is 0.371. The topological polar surface area (TPSA) is 60.7 Å². The number of hydrogen-bond acceptors (Lipinski definition) is 3. The molecular formula is C6H4FO3. The summed E-state index contributed by atoms with van der Waals surface area (Å²) in [5.41, 5.74) is 0. The highest BCUT2D eigenvalue weighted by Gasteiger charge is 2.10. The Labute approximate surface area is 56.0 Å². The van der Waals surface area contributed by atoms with Crippen molar-refractivity contribution < 1.29 is 19.7 Å². The molecule has 0 aliphatic heterocycles. The van der Waals surface area contributed by atoms with Crippen molar-refractivity contribution in [3.05, 3.63) is 17.9 Å². The molecule has 10 heavy (non-hydrogen) atoms. The molecule has 0 atom stereocenters. The summed E-state index contributed by atoms with van der Waals surface area (Å²) in [6, 6.07) is 2.85. The molecule has 0 fully saturated rings. The van der Waals surface area contributed by atoms with Crippen molar-refractivity contribution in [2.24, 2.45) is 0 Å². The van der Waals surface area contributed by atoms with Crippen LogP contribution in [0.25, 0.3) is 0 Å². The minimum absolute atomic E-state index is 0.713. The first kappa shape index (κ1) is 6.67. The average Bonchev–Trinajstić information content (AvgIpc) is 1.93. The van der Waals surface area contributed by atoms with Gasteiger partial charge in [0, 0.05) is 6.07 Å². The zero-order chi connectivity index (χ0) is 7.72. The fraction of sp³-hybridized carbons (Fsp3) is 0. The molecule has 0 aliphatic rings. The second-order valence-electron chi connectivity index (χ2n) is 1.69. The molecular weight excluding hydrogens is 139 g/mol. The van der Waals surface area contributed by atoms with E-state index in [9.17, 15) is 4.39 Å². The first-order valence-corrected chi connectivity index (χ1v) is 2.44. The van der Waals surface area contributed by atoms with Gasteiger partial charge in [0.25, 0.3) is 0 Å². The fourth-order valence-corrected chi connectivity index (χ4v) is 0.494. The highest BCUT2D eigenvalue weighted by atomic mass is 19.1. The number of halogens is 1. The van der Waals surface area contributed by atoms with Gasteiger partial charge in [0.05, 0.1) is 0 Å². The van der Waals surface area contributed by atoms with Crippen molar-refractivity contribution >= 4 is 0 Å². The smallest absolute Gasteiger partial charge is 0.210 e. The standard InChI is InChI=1S/C6H4FO3/c7-5-3(8)1-2-4(9)6(5)10/h1,8-10H.